The first-order chi connectivity index (χ1) is 12.8. The maximum absolute atomic E-state index is 13.3. The third kappa shape index (κ3) is 2.80. The van der Waals surface area contributed by atoms with E-state index in [1.807, 2.05) is 66.0 Å². The van der Waals surface area contributed by atoms with Crippen molar-refractivity contribution in [3.8, 4) is 21.8 Å². The van der Waals surface area contributed by atoms with Crippen molar-refractivity contribution >= 4 is 23.4 Å². The summed E-state index contributed by atoms with van der Waals surface area (Å²) >= 11 is 1.47. The molecule has 4 aromatic rings. The fraction of sp³-hybridized carbons (Fsp3) is 0. The lowest BCUT2D eigenvalue weighted by Gasteiger charge is -2.05. The minimum atomic E-state index is -0.162. The topological polar surface area (TPSA) is 47.3 Å². The number of benzene rings is 2. The minimum absolute atomic E-state index is 0.162. The lowest BCUT2D eigenvalue weighted by Crippen LogP contribution is -2.03. The molecule has 0 fully saturated rings. The average molecular weight is 358 g/mol. The van der Waals surface area contributed by atoms with Crippen LogP contribution in [-0.2, 0) is 0 Å². The van der Waals surface area contributed by atoms with Crippen molar-refractivity contribution in [2.24, 2.45) is 0 Å². The highest BCUT2D eigenvalue weighted by Gasteiger charge is 2.28. The largest absolute Gasteiger partial charge is 0.452 e. The second kappa shape index (κ2) is 6.94. The summed E-state index contributed by atoms with van der Waals surface area (Å²) in [7, 11) is 0. The van der Waals surface area contributed by atoms with Gasteiger partial charge in [-0.05, 0) is 11.4 Å². The highest BCUT2D eigenvalue weighted by Crippen LogP contribution is 2.40. The molecule has 2 aromatic heterocycles. The van der Waals surface area contributed by atoms with Crippen LogP contribution in [0.15, 0.2) is 82.6 Å². The van der Waals surface area contributed by atoms with E-state index >= 15 is 0 Å². The van der Waals surface area contributed by atoms with E-state index in [1.54, 1.807) is 12.1 Å². The van der Waals surface area contributed by atoms with Crippen molar-refractivity contribution in [1.29, 1.82) is 0 Å². The molecule has 2 heterocycles. The molecular weight excluding hydrogens is 344 g/mol. The Bertz CT molecular complexity index is 1050. The van der Waals surface area contributed by atoms with E-state index in [1.165, 1.54) is 11.3 Å². The Labute approximate surface area is 154 Å². The highest BCUT2D eigenvalue weighted by atomic mass is 32.1. The Morgan fingerprint density at radius 3 is 2.19 bits per heavy atom. The van der Waals surface area contributed by atoms with Crippen molar-refractivity contribution < 1.29 is 14.0 Å². The number of carbonyl (C=O) groups excluding carboxylic acids is 2. The van der Waals surface area contributed by atoms with Gasteiger partial charge >= 0.3 is 0 Å². The van der Waals surface area contributed by atoms with Gasteiger partial charge in [0.1, 0.15) is 5.76 Å². The molecule has 0 spiro atoms. The van der Waals surface area contributed by atoms with Gasteiger partial charge in [0.05, 0.1) is 11.1 Å². The van der Waals surface area contributed by atoms with E-state index < -0.39 is 0 Å². The number of carbonyl (C=O) groups is 2. The standard InChI is InChI=1S/C22H14O3S/c23-14-17-19(18-12-7-13-26-18)20(21(24)15-8-3-1-4-9-15)22(25-17)16-10-5-2-6-11-16/h1-14H. The van der Waals surface area contributed by atoms with Gasteiger partial charge < -0.3 is 4.42 Å². The molecule has 0 aliphatic heterocycles. The third-order valence-electron chi connectivity index (χ3n) is 4.11. The fourth-order valence-corrected chi connectivity index (χ4v) is 3.72. The summed E-state index contributed by atoms with van der Waals surface area (Å²) < 4.78 is 5.87. The maximum Gasteiger partial charge on any atom is 0.197 e. The van der Waals surface area contributed by atoms with Crippen molar-refractivity contribution in [3.63, 3.8) is 0 Å². The van der Waals surface area contributed by atoms with Crippen LogP contribution in [0, 0.1) is 0 Å². The van der Waals surface area contributed by atoms with E-state index in [-0.39, 0.29) is 11.5 Å². The van der Waals surface area contributed by atoms with Gasteiger partial charge in [-0.25, -0.2) is 0 Å². The van der Waals surface area contributed by atoms with Crippen molar-refractivity contribution in [1.82, 2.24) is 0 Å². The number of aldehydes is 1. The van der Waals surface area contributed by atoms with Crippen LogP contribution in [0.1, 0.15) is 26.5 Å². The lowest BCUT2D eigenvalue weighted by atomic mass is 9.95. The summed E-state index contributed by atoms with van der Waals surface area (Å²) in [6, 6.07) is 22.2. The van der Waals surface area contributed by atoms with Crippen LogP contribution in [0.25, 0.3) is 21.8 Å². The first kappa shape index (κ1) is 16.2. The Morgan fingerprint density at radius 1 is 0.885 bits per heavy atom. The third-order valence-corrected chi connectivity index (χ3v) is 5.00. The average Bonchev–Trinajstić information content (AvgIpc) is 3.36. The van der Waals surface area contributed by atoms with E-state index in [0.29, 0.717) is 28.7 Å². The summed E-state index contributed by atoms with van der Waals surface area (Å²) in [5, 5.41) is 1.91. The summed E-state index contributed by atoms with van der Waals surface area (Å²) in [6.45, 7) is 0. The zero-order valence-electron chi connectivity index (χ0n) is 13.7. The molecule has 0 N–H and O–H groups in total. The highest BCUT2D eigenvalue weighted by molar-refractivity contribution is 7.13. The molecule has 0 aliphatic carbocycles. The monoisotopic (exact) mass is 358 g/mol. The molecule has 0 atom stereocenters. The SMILES string of the molecule is O=Cc1oc(-c2ccccc2)c(C(=O)c2ccccc2)c1-c1cccs1. The Balaban J connectivity index is 2.01. The Kier molecular flexibility index (Phi) is 4.33. The van der Waals surface area contributed by atoms with Crippen molar-refractivity contribution in [2.75, 3.05) is 0 Å². The van der Waals surface area contributed by atoms with Crippen LogP contribution in [-0.4, -0.2) is 12.1 Å². The first-order valence-electron chi connectivity index (χ1n) is 8.10. The molecule has 0 saturated carbocycles. The van der Waals surface area contributed by atoms with Gasteiger partial charge in [0.15, 0.2) is 17.8 Å². The second-order valence-corrected chi connectivity index (χ2v) is 6.65. The number of furan rings is 1. The van der Waals surface area contributed by atoms with Crippen LogP contribution in [0.4, 0.5) is 0 Å². The van der Waals surface area contributed by atoms with Gasteiger partial charge in [0.25, 0.3) is 0 Å². The summed E-state index contributed by atoms with van der Waals surface area (Å²) in [6.07, 6.45) is 0.670. The first-order valence-corrected chi connectivity index (χ1v) is 8.98. The molecule has 26 heavy (non-hydrogen) atoms. The molecule has 2 aromatic carbocycles. The van der Waals surface area contributed by atoms with E-state index in [2.05, 4.69) is 0 Å². The smallest absolute Gasteiger partial charge is 0.197 e. The summed E-state index contributed by atoms with van der Waals surface area (Å²) in [5.74, 6) is 0.431. The van der Waals surface area contributed by atoms with Crippen LogP contribution < -0.4 is 0 Å². The quantitative estimate of drug-likeness (QED) is 0.339. The van der Waals surface area contributed by atoms with Gasteiger partial charge in [-0.2, -0.15) is 0 Å². The summed E-state index contributed by atoms with van der Waals surface area (Å²) in [4.78, 5) is 25.8. The van der Waals surface area contributed by atoms with Gasteiger partial charge in [0.2, 0.25) is 0 Å². The predicted octanol–water partition coefficient (Wildman–Crippen LogP) is 5.72. The number of thiophene rings is 1. The van der Waals surface area contributed by atoms with Crippen LogP contribution >= 0.6 is 11.3 Å². The lowest BCUT2D eigenvalue weighted by molar-refractivity contribution is 0.103. The normalized spacial score (nSPS) is 10.6. The maximum atomic E-state index is 13.3. The molecule has 4 rings (SSSR count). The number of rotatable bonds is 5. The molecule has 0 radical (unpaired) electrons. The molecule has 0 saturated heterocycles. The fourth-order valence-electron chi connectivity index (χ4n) is 2.94. The Morgan fingerprint density at radius 2 is 1.58 bits per heavy atom. The van der Waals surface area contributed by atoms with Crippen molar-refractivity contribution in [2.45, 2.75) is 0 Å². The molecule has 0 bridgehead atoms. The van der Waals surface area contributed by atoms with Crippen molar-refractivity contribution in [3.05, 3.63) is 95.1 Å². The molecule has 0 aliphatic rings. The van der Waals surface area contributed by atoms with Crippen LogP contribution in [0.2, 0.25) is 0 Å². The second-order valence-electron chi connectivity index (χ2n) is 5.70. The molecule has 126 valence electrons. The van der Waals surface area contributed by atoms with Gasteiger partial charge in [-0.3, -0.25) is 9.59 Å². The van der Waals surface area contributed by atoms with Crippen LogP contribution in [0.5, 0.6) is 0 Å². The van der Waals surface area contributed by atoms with Crippen LogP contribution in [0.3, 0.4) is 0 Å². The van der Waals surface area contributed by atoms with Gasteiger partial charge in [-0.1, -0.05) is 66.7 Å². The number of ketones is 1. The summed E-state index contributed by atoms with van der Waals surface area (Å²) in [5.41, 5.74) is 2.30. The van der Waals surface area contributed by atoms with E-state index in [9.17, 15) is 9.59 Å². The van der Waals surface area contributed by atoms with E-state index in [0.717, 1.165) is 10.4 Å². The molecule has 4 heteroatoms. The van der Waals surface area contributed by atoms with E-state index in [4.69, 9.17) is 4.42 Å². The van der Waals surface area contributed by atoms with Gasteiger partial charge in [-0.15, -0.1) is 11.3 Å². The molecule has 0 amide bonds. The number of hydrogen-bond donors (Lipinski definition) is 0. The zero-order valence-corrected chi connectivity index (χ0v) is 14.5. The number of hydrogen-bond acceptors (Lipinski definition) is 4. The zero-order chi connectivity index (χ0) is 17.9. The minimum Gasteiger partial charge on any atom is -0.452 e. The van der Waals surface area contributed by atoms with Gasteiger partial charge in [0, 0.05) is 16.0 Å². The Hall–Kier alpha value is -3.24. The molecular formula is C22H14O3S. The molecule has 0 unspecified atom stereocenters. The predicted molar refractivity (Wildman–Crippen MR) is 103 cm³/mol. The molecule has 3 nitrogen and oxygen atoms in total.